The number of hydrogen-bond donors (Lipinski definition) is 3. The molecule has 36 heavy (non-hydrogen) atoms. The predicted octanol–water partition coefficient (Wildman–Crippen LogP) is 2.60. The van der Waals surface area contributed by atoms with E-state index in [0.717, 1.165) is 52.8 Å². The maximum atomic E-state index is 11.9. The van der Waals surface area contributed by atoms with Crippen molar-refractivity contribution < 1.29 is 29.3 Å². The molecule has 3 aliphatic heterocycles. The van der Waals surface area contributed by atoms with Crippen molar-refractivity contribution in [1.29, 1.82) is 0 Å². The Morgan fingerprint density at radius 2 is 1.67 bits per heavy atom. The van der Waals surface area contributed by atoms with Gasteiger partial charge in [0.1, 0.15) is 18.9 Å². The summed E-state index contributed by atoms with van der Waals surface area (Å²) in [5.41, 5.74) is 4.98. The van der Waals surface area contributed by atoms with E-state index in [2.05, 4.69) is 10.2 Å². The number of rotatable bonds is 6. The molecule has 1 aliphatic carbocycles. The summed E-state index contributed by atoms with van der Waals surface area (Å²) in [6.45, 7) is 7.55. The predicted molar refractivity (Wildman–Crippen MR) is 130 cm³/mol. The van der Waals surface area contributed by atoms with E-state index >= 15 is 0 Å². The number of cyclic esters (lactones) is 2. The van der Waals surface area contributed by atoms with Crippen molar-refractivity contribution in [3.8, 4) is 0 Å². The fourth-order valence-corrected chi connectivity index (χ4v) is 6.87. The van der Waals surface area contributed by atoms with Crippen molar-refractivity contribution in [2.24, 2.45) is 5.92 Å². The van der Waals surface area contributed by atoms with E-state index in [1.54, 1.807) is 19.1 Å². The first-order valence-corrected chi connectivity index (χ1v) is 12.7. The summed E-state index contributed by atoms with van der Waals surface area (Å²) in [6, 6.07) is 7.42. The number of ether oxygens (including phenoxy) is 2. The summed E-state index contributed by atoms with van der Waals surface area (Å²) in [6.07, 6.45) is 1.32. The van der Waals surface area contributed by atoms with Gasteiger partial charge in [-0.15, -0.1) is 0 Å². The smallest absolute Gasteiger partial charge is 0.338 e. The first-order valence-electron chi connectivity index (χ1n) is 12.7. The van der Waals surface area contributed by atoms with Gasteiger partial charge >= 0.3 is 11.9 Å². The SMILES string of the molecule is Cc1c([C@@H](O)CN2C[C@H]3CC(NC(C)(O)c4ccc5c(c4C)COC5=O)[C@@H]2C3)ccc2c1COC2=O. The molecule has 0 radical (unpaired) electrons. The lowest BCUT2D eigenvalue weighted by Gasteiger charge is -2.39. The van der Waals surface area contributed by atoms with Crippen LogP contribution in [-0.2, 0) is 28.4 Å². The molecule has 0 aromatic heterocycles. The molecule has 2 aromatic rings. The zero-order valence-electron chi connectivity index (χ0n) is 20.8. The summed E-state index contributed by atoms with van der Waals surface area (Å²) in [5.74, 6) is -0.105. The number of carbonyl (C=O) groups is 2. The van der Waals surface area contributed by atoms with Crippen molar-refractivity contribution in [2.45, 2.75) is 70.7 Å². The number of esters is 2. The maximum Gasteiger partial charge on any atom is 0.338 e. The molecule has 2 unspecified atom stereocenters. The van der Waals surface area contributed by atoms with Crippen LogP contribution in [0.2, 0.25) is 0 Å². The molecule has 8 nitrogen and oxygen atoms in total. The van der Waals surface area contributed by atoms with Crippen LogP contribution in [0, 0.1) is 19.8 Å². The van der Waals surface area contributed by atoms with Gasteiger partial charge in [-0.25, -0.2) is 9.59 Å². The van der Waals surface area contributed by atoms with Crippen molar-refractivity contribution in [3.63, 3.8) is 0 Å². The van der Waals surface area contributed by atoms with Gasteiger partial charge in [0, 0.05) is 41.9 Å². The highest BCUT2D eigenvalue weighted by Crippen LogP contribution is 2.41. The molecule has 1 saturated heterocycles. The molecule has 0 spiro atoms. The number of carbonyl (C=O) groups excluding carboxylic acids is 2. The van der Waals surface area contributed by atoms with Crippen LogP contribution < -0.4 is 5.32 Å². The van der Waals surface area contributed by atoms with Crippen LogP contribution in [0.25, 0.3) is 0 Å². The molecule has 1 saturated carbocycles. The molecule has 190 valence electrons. The topological polar surface area (TPSA) is 108 Å². The number of piperidine rings is 1. The monoisotopic (exact) mass is 492 g/mol. The van der Waals surface area contributed by atoms with E-state index in [4.69, 9.17) is 9.47 Å². The van der Waals surface area contributed by atoms with Gasteiger partial charge in [0.25, 0.3) is 0 Å². The zero-order chi connectivity index (χ0) is 25.4. The quantitative estimate of drug-likeness (QED) is 0.417. The third-order valence-corrected chi connectivity index (χ3v) is 8.72. The highest BCUT2D eigenvalue weighted by molar-refractivity contribution is 5.94. The minimum atomic E-state index is -1.27. The normalized spacial score (nSPS) is 27.0. The number of benzene rings is 2. The van der Waals surface area contributed by atoms with E-state index in [9.17, 15) is 19.8 Å². The average molecular weight is 493 g/mol. The largest absolute Gasteiger partial charge is 0.457 e. The van der Waals surface area contributed by atoms with Crippen molar-refractivity contribution in [2.75, 3.05) is 13.1 Å². The maximum absolute atomic E-state index is 11.9. The Hall–Kier alpha value is -2.78. The third-order valence-electron chi connectivity index (χ3n) is 8.72. The zero-order valence-corrected chi connectivity index (χ0v) is 20.8. The fraction of sp³-hybridized carbons (Fsp3) is 0.500. The molecule has 2 fully saturated rings. The van der Waals surface area contributed by atoms with Crippen LogP contribution in [0.15, 0.2) is 24.3 Å². The van der Waals surface area contributed by atoms with Gasteiger partial charge in [0.05, 0.1) is 17.2 Å². The van der Waals surface area contributed by atoms with E-state index < -0.39 is 11.8 Å². The van der Waals surface area contributed by atoms with E-state index in [1.807, 2.05) is 26.0 Å². The van der Waals surface area contributed by atoms with Crippen LogP contribution in [0.4, 0.5) is 0 Å². The number of hydrogen-bond acceptors (Lipinski definition) is 8. The second kappa shape index (κ2) is 8.38. The second-order valence-electron chi connectivity index (χ2n) is 10.9. The van der Waals surface area contributed by atoms with Gasteiger partial charge in [0.2, 0.25) is 0 Å². The molecule has 3 heterocycles. The lowest BCUT2D eigenvalue weighted by molar-refractivity contribution is -0.0112. The summed E-state index contributed by atoms with van der Waals surface area (Å²) in [7, 11) is 0. The van der Waals surface area contributed by atoms with Crippen LogP contribution >= 0.6 is 0 Å². The Labute approximate surface area is 210 Å². The van der Waals surface area contributed by atoms with E-state index in [0.29, 0.717) is 23.6 Å². The lowest BCUT2D eigenvalue weighted by Crippen LogP contribution is -2.55. The van der Waals surface area contributed by atoms with Gasteiger partial charge in [-0.05, 0) is 68.4 Å². The van der Waals surface area contributed by atoms with E-state index in [1.165, 1.54) is 0 Å². The van der Waals surface area contributed by atoms with Crippen molar-refractivity contribution >= 4 is 11.9 Å². The molecule has 3 N–H and O–H groups in total. The van der Waals surface area contributed by atoms with Gasteiger partial charge in [-0.1, -0.05) is 12.1 Å². The van der Waals surface area contributed by atoms with E-state index in [-0.39, 0.29) is 37.2 Å². The first-order chi connectivity index (χ1) is 17.1. The number of nitrogens with zero attached hydrogens (tertiary/aromatic N) is 1. The molecule has 8 heteroatoms. The highest BCUT2D eigenvalue weighted by atomic mass is 16.5. The Bertz CT molecular complexity index is 1270. The average Bonchev–Trinajstić information content (AvgIpc) is 3.59. The molecule has 5 atom stereocenters. The standard InChI is InChI=1S/C28H32N2O6/c1-14-17(4-5-18-20(14)12-35-26(18)32)25(31)11-30-10-16-8-23(24(30)9-16)29-28(3,34)22-7-6-19-21(15(22)2)13-36-27(19)33/h4-7,16,23-25,29,31,34H,8-13H2,1-3H3/t16-,23?,24-,25-,28?/m0/s1. The molecular weight excluding hydrogens is 460 g/mol. The van der Waals surface area contributed by atoms with Gasteiger partial charge in [0.15, 0.2) is 0 Å². The Morgan fingerprint density at radius 3 is 2.33 bits per heavy atom. The number of β-amino-alcohol motifs (C(OH)–C–C–N with tert-alkyl or cyclic N) is 1. The molecule has 4 aliphatic rings. The number of fused-ring (bicyclic) bond motifs is 4. The summed E-state index contributed by atoms with van der Waals surface area (Å²) < 4.78 is 10.3. The summed E-state index contributed by atoms with van der Waals surface area (Å²) >= 11 is 0. The Morgan fingerprint density at radius 1 is 1.03 bits per heavy atom. The number of likely N-dealkylation sites (tertiary alicyclic amines) is 1. The molecule has 2 bridgehead atoms. The summed E-state index contributed by atoms with van der Waals surface area (Å²) in [5, 5.41) is 26.1. The second-order valence-corrected chi connectivity index (χ2v) is 10.9. The van der Waals surface area contributed by atoms with Crippen LogP contribution in [0.5, 0.6) is 0 Å². The Kier molecular flexibility index (Phi) is 5.50. The highest BCUT2D eigenvalue weighted by Gasteiger charge is 2.47. The number of aliphatic hydroxyl groups excluding tert-OH is 1. The van der Waals surface area contributed by atoms with Crippen LogP contribution in [0.1, 0.15) is 80.0 Å². The number of aliphatic hydroxyl groups is 2. The minimum absolute atomic E-state index is 0.0728. The van der Waals surface area contributed by atoms with Gasteiger partial charge in [-0.3, -0.25) is 10.2 Å². The first kappa shape index (κ1) is 23.6. The molecule has 0 amide bonds. The fourth-order valence-electron chi connectivity index (χ4n) is 6.87. The van der Waals surface area contributed by atoms with Crippen LogP contribution in [0.3, 0.4) is 0 Å². The summed E-state index contributed by atoms with van der Waals surface area (Å²) in [4.78, 5) is 26.1. The van der Waals surface area contributed by atoms with Crippen LogP contribution in [-0.4, -0.2) is 52.2 Å². The van der Waals surface area contributed by atoms with Gasteiger partial charge in [-0.2, -0.15) is 0 Å². The minimum Gasteiger partial charge on any atom is -0.457 e. The van der Waals surface area contributed by atoms with Crippen molar-refractivity contribution in [1.82, 2.24) is 10.2 Å². The van der Waals surface area contributed by atoms with Crippen molar-refractivity contribution in [3.05, 3.63) is 68.8 Å². The molecular formula is C28H32N2O6. The lowest BCUT2D eigenvalue weighted by atomic mass is 9.91. The third kappa shape index (κ3) is 3.66. The molecule has 6 rings (SSSR count). The Balaban J connectivity index is 1.17. The number of nitrogens with one attached hydrogen (secondary N) is 1. The van der Waals surface area contributed by atoms with Gasteiger partial charge < -0.3 is 19.7 Å². The molecule has 2 aromatic carbocycles.